The Balaban J connectivity index is 0.000000289. The molecule has 0 amide bonds. The standard InChI is InChI=1S/C31H28NS2.C15H28O2.Ir/c1-17(2)14-24-19(5)33-25-10-11-26-29(28(24)25)30-27(34-26)12-13-32-31(30)21-15-20-8-6-7-9-22(20)23(16-21)18(3)4;1-7-14(5,8-2)12(16)11-13(17)15(6,9-3)10-4;/h6-13,16-18H,14H2,1-5H3;11,16H,7-10H2,1-6H3;/q-1;;/b;12-11-;. The Labute approximate surface area is 333 Å². The van der Waals surface area contributed by atoms with E-state index in [4.69, 9.17) is 4.98 Å². The number of aromatic nitrogens is 1. The molecular weight excluding hydrogens is 855 g/mol. The summed E-state index contributed by atoms with van der Waals surface area (Å²) in [4.78, 5) is 18.6. The molecule has 3 aromatic carbocycles. The molecule has 3 aromatic heterocycles. The number of thiophene rings is 2. The Kier molecular flexibility index (Phi) is 13.7. The molecule has 0 aliphatic heterocycles. The van der Waals surface area contributed by atoms with E-state index in [0.717, 1.165) is 43.4 Å². The van der Waals surface area contributed by atoms with Gasteiger partial charge in [-0.25, -0.2) is 0 Å². The summed E-state index contributed by atoms with van der Waals surface area (Å²) in [6.07, 6.45) is 7.83. The molecule has 0 spiro atoms. The van der Waals surface area contributed by atoms with Crippen LogP contribution in [0.4, 0.5) is 0 Å². The average Bonchev–Trinajstić information content (AvgIpc) is 3.66. The molecule has 0 saturated heterocycles. The zero-order valence-electron chi connectivity index (χ0n) is 32.9. The Morgan fingerprint density at radius 2 is 1.44 bits per heavy atom. The monoisotopic (exact) mass is 911 g/mol. The molecule has 3 nitrogen and oxygen atoms in total. The number of benzene rings is 3. The fraction of sp³-hybridized carbons (Fsp3) is 0.435. The molecular formula is C46H56IrNO2S2-. The molecule has 279 valence electrons. The van der Waals surface area contributed by atoms with Crippen molar-refractivity contribution in [3.05, 3.63) is 88.6 Å². The van der Waals surface area contributed by atoms with Gasteiger partial charge in [-0.05, 0) is 80.0 Å². The minimum atomic E-state index is -0.337. The molecule has 6 rings (SSSR count). The van der Waals surface area contributed by atoms with E-state index in [0.29, 0.717) is 11.8 Å². The van der Waals surface area contributed by atoms with E-state index < -0.39 is 0 Å². The Morgan fingerprint density at radius 1 is 0.846 bits per heavy atom. The third-order valence-corrected chi connectivity index (χ3v) is 13.6. The molecule has 52 heavy (non-hydrogen) atoms. The number of ketones is 1. The zero-order valence-corrected chi connectivity index (χ0v) is 36.9. The molecule has 0 saturated carbocycles. The molecule has 0 unspecified atom stereocenters. The van der Waals surface area contributed by atoms with Crippen molar-refractivity contribution in [1.82, 2.24) is 4.98 Å². The number of aryl methyl sites for hydroxylation is 1. The maximum absolute atomic E-state index is 12.2. The molecule has 0 aliphatic carbocycles. The van der Waals surface area contributed by atoms with Crippen LogP contribution < -0.4 is 0 Å². The normalized spacial score (nSPS) is 12.6. The molecule has 0 fully saturated rings. The molecule has 1 radical (unpaired) electrons. The van der Waals surface area contributed by atoms with Crippen LogP contribution in [-0.4, -0.2) is 15.9 Å². The number of rotatable bonds is 11. The maximum atomic E-state index is 12.2. The van der Waals surface area contributed by atoms with E-state index in [1.54, 1.807) is 0 Å². The van der Waals surface area contributed by atoms with Gasteiger partial charge in [-0.3, -0.25) is 9.78 Å². The predicted octanol–water partition coefficient (Wildman–Crippen LogP) is 14.6. The van der Waals surface area contributed by atoms with E-state index in [9.17, 15) is 9.90 Å². The first-order chi connectivity index (χ1) is 24.2. The third-order valence-electron chi connectivity index (χ3n) is 11.4. The average molecular weight is 911 g/mol. The van der Waals surface area contributed by atoms with Gasteiger partial charge >= 0.3 is 0 Å². The van der Waals surface area contributed by atoms with Crippen molar-refractivity contribution >= 4 is 69.5 Å². The fourth-order valence-electron chi connectivity index (χ4n) is 6.98. The topological polar surface area (TPSA) is 50.2 Å². The smallest absolute Gasteiger partial charge is 0.164 e. The van der Waals surface area contributed by atoms with Crippen molar-refractivity contribution in [1.29, 1.82) is 0 Å². The van der Waals surface area contributed by atoms with Crippen LogP contribution in [-0.2, 0) is 31.3 Å². The molecule has 0 bridgehead atoms. The summed E-state index contributed by atoms with van der Waals surface area (Å²) in [7, 11) is 0. The molecule has 6 heteroatoms. The van der Waals surface area contributed by atoms with Crippen LogP contribution in [0.1, 0.15) is 117 Å². The molecule has 3 heterocycles. The van der Waals surface area contributed by atoms with Gasteiger partial charge in [-0.2, -0.15) is 0 Å². The van der Waals surface area contributed by atoms with Crippen LogP contribution in [0.5, 0.6) is 0 Å². The summed E-state index contributed by atoms with van der Waals surface area (Å²) >= 11 is 3.82. The van der Waals surface area contributed by atoms with Gasteiger partial charge in [0.25, 0.3) is 0 Å². The number of fused-ring (bicyclic) bond motifs is 6. The number of aliphatic hydroxyl groups is 1. The van der Waals surface area contributed by atoms with Gasteiger partial charge in [0.1, 0.15) is 5.76 Å². The number of carbonyl (C=O) groups is 1. The molecule has 1 N–H and O–H groups in total. The number of pyridine rings is 1. The second-order valence-corrected chi connectivity index (χ2v) is 17.8. The van der Waals surface area contributed by atoms with Crippen LogP contribution in [0.3, 0.4) is 0 Å². The van der Waals surface area contributed by atoms with Crippen molar-refractivity contribution in [3.8, 4) is 11.3 Å². The number of hydrogen-bond acceptors (Lipinski definition) is 5. The second kappa shape index (κ2) is 17.1. The van der Waals surface area contributed by atoms with Gasteiger partial charge < -0.3 is 5.11 Å². The van der Waals surface area contributed by atoms with Gasteiger partial charge in [-0.1, -0.05) is 98.4 Å². The van der Waals surface area contributed by atoms with Crippen LogP contribution in [0, 0.1) is 29.7 Å². The number of carbonyl (C=O) groups excluding carboxylic acids is 1. The van der Waals surface area contributed by atoms with Crippen molar-refractivity contribution in [2.24, 2.45) is 16.7 Å². The number of hydrogen-bond donors (Lipinski definition) is 1. The first-order valence-electron chi connectivity index (χ1n) is 18.8. The molecule has 0 aliphatic rings. The summed E-state index contributed by atoms with van der Waals surface area (Å²) in [5, 5.41) is 16.7. The van der Waals surface area contributed by atoms with Gasteiger partial charge in [0.05, 0.1) is 0 Å². The van der Waals surface area contributed by atoms with Crippen LogP contribution >= 0.6 is 22.7 Å². The minimum Gasteiger partial charge on any atom is -0.512 e. The van der Waals surface area contributed by atoms with E-state index in [1.165, 1.54) is 63.1 Å². The zero-order chi connectivity index (χ0) is 37.2. The first-order valence-corrected chi connectivity index (χ1v) is 20.5. The third kappa shape index (κ3) is 8.11. The van der Waals surface area contributed by atoms with Crippen LogP contribution in [0.15, 0.2) is 66.6 Å². The maximum Gasteiger partial charge on any atom is 0.164 e. The quantitative estimate of drug-likeness (QED) is 0.0800. The second-order valence-electron chi connectivity index (χ2n) is 15.4. The van der Waals surface area contributed by atoms with Crippen molar-refractivity contribution in [3.63, 3.8) is 0 Å². The van der Waals surface area contributed by atoms with Gasteiger partial charge in [0, 0.05) is 78.7 Å². The van der Waals surface area contributed by atoms with Crippen molar-refractivity contribution in [2.75, 3.05) is 0 Å². The Bertz CT molecular complexity index is 2210. The van der Waals surface area contributed by atoms with Crippen molar-refractivity contribution in [2.45, 2.75) is 114 Å². The van der Waals surface area contributed by atoms with Gasteiger partial charge in [0.15, 0.2) is 5.78 Å². The summed E-state index contributed by atoms with van der Waals surface area (Å²) in [6, 6.07) is 21.5. The molecule has 0 atom stereocenters. The largest absolute Gasteiger partial charge is 0.512 e. The number of nitrogens with zero attached hydrogens (tertiary/aromatic N) is 1. The van der Waals surface area contributed by atoms with Gasteiger partial charge in [0.2, 0.25) is 0 Å². The predicted molar refractivity (Wildman–Crippen MR) is 225 cm³/mol. The number of allylic oxidation sites excluding steroid dienone is 2. The Hall–Kier alpha value is -2.89. The molecule has 6 aromatic rings. The minimum absolute atomic E-state index is 0. The van der Waals surface area contributed by atoms with E-state index in [2.05, 4.69) is 89.2 Å². The van der Waals surface area contributed by atoms with E-state index in [1.807, 2.05) is 70.4 Å². The van der Waals surface area contributed by atoms with Crippen LogP contribution in [0.2, 0.25) is 0 Å². The van der Waals surface area contributed by atoms with E-state index in [-0.39, 0.29) is 42.5 Å². The fourth-order valence-corrected chi connectivity index (χ4v) is 9.19. The summed E-state index contributed by atoms with van der Waals surface area (Å²) < 4.78 is 4.05. The SMILES string of the molecule is CCC(C)(CC)C(=O)/C=C(\O)C(C)(CC)CC.Cc1sc2ccc3sc4ccnc(-c5[c-]c6ccccc6c(C(C)C)c5)c4c3c2c1CC(C)C.[Ir]. The Morgan fingerprint density at radius 3 is 2.04 bits per heavy atom. The summed E-state index contributed by atoms with van der Waals surface area (Å²) in [5.41, 5.74) is 4.43. The summed E-state index contributed by atoms with van der Waals surface area (Å²) in [6.45, 7) is 23.6. The van der Waals surface area contributed by atoms with Crippen LogP contribution in [0.25, 0.3) is 52.3 Å². The van der Waals surface area contributed by atoms with Crippen molar-refractivity contribution < 1.29 is 30.0 Å². The first kappa shape index (κ1) is 41.9. The van der Waals surface area contributed by atoms with Gasteiger partial charge in [-0.15, -0.1) is 51.8 Å². The number of aliphatic hydroxyl groups excluding tert-OH is 1. The summed E-state index contributed by atoms with van der Waals surface area (Å²) in [5.74, 6) is 1.34. The van der Waals surface area contributed by atoms with E-state index >= 15 is 0 Å².